The van der Waals surface area contributed by atoms with Crippen molar-refractivity contribution in [2.24, 2.45) is 0 Å². The molecule has 25 heavy (non-hydrogen) atoms. The largest absolute Gasteiger partial charge is 0.486 e. The van der Waals surface area contributed by atoms with E-state index in [1.165, 1.54) is 16.4 Å². The molecule has 0 saturated carbocycles. The van der Waals surface area contributed by atoms with Crippen molar-refractivity contribution in [3.05, 3.63) is 18.2 Å². The zero-order valence-electron chi connectivity index (χ0n) is 14.1. The average Bonchev–Trinajstić information content (AvgIpc) is 3.12. The second-order valence-electron chi connectivity index (χ2n) is 5.86. The summed E-state index contributed by atoms with van der Waals surface area (Å²) in [5.41, 5.74) is 0. The van der Waals surface area contributed by atoms with Gasteiger partial charge in [0.05, 0.1) is 11.5 Å². The number of hydrogen-bond acceptors (Lipinski definition) is 6. The van der Waals surface area contributed by atoms with Gasteiger partial charge >= 0.3 is 0 Å². The van der Waals surface area contributed by atoms with E-state index in [0.717, 1.165) is 0 Å². The van der Waals surface area contributed by atoms with Crippen LogP contribution >= 0.6 is 0 Å². The van der Waals surface area contributed by atoms with Crippen molar-refractivity contribution in [1.82, 2.24) is 9.62 Å². The molecule has 1 unspecified atom stereocenters. The summed E-state index contributed by atoms with van der Waals surface area (Å²) in [4.78, 5) is 12.4. The number of amides is 1. The molecule has 0 aliphatic carbocycles. The highest BCUT2D eigenvalue weighted by molar-refractivity contribution is 7.89. The number of carbonyl (C=O) groups is 1. The Bertz CT molecular complexity index is 736. The summed E-state index contributed by atoms with van der Waals surface area (Å²) < 4.78 is 43.0. The Morgan fingerprint density at radius 3 is 2.84 bits per heavy atom. The summed E-state index contributed by atoms with van der Waals surface area (Å²) in [5, 5.41) is 2.71. The van der Waals surface area contributed by atoms with E-state index < -0.39 is 16.1 Å². The van der Waals surface area contributed by atoms with Gasteiger partial charge in [-0.25, -0.2) is 8.42 Å². The number of nitrogens with one attached hydrogen (secondary N) is 1. The highest BCUT2D eigenvalue weighted by Gasteiger charge is 2.39. The average molecular weight is 370 g/mol. The van der Waals surface area contributed by atoms with Crippen molar-refractivity contribution in [3.8, 4) is 11.5 Å². The molecule has 0 radical (unpaired) electrons. The van der Waals surface area contributed by atoms with Crippen molar-refractivity contribution in [1.29, 1.82) is 0 Å². The van der Waals surface area contributed by atoms with Crippen LogP contribution in [0, 0.1) is 0 Å². The topological polar surface area (TPSA) is 94.2 Å². The van der Waals surface area contributed by atoms with Gasteiger partial charge in [-0.1, -0.05) is 0 Å². The predicted molar refractivity (Wildman–Crippen MR) is 89.2 cm³/mol. The van der Waals surface area contributed by atoms with Crippen molar-refractivity contribution in [2.45, 2.75) is 23.8 Å². The van der Waals surface area contributed by atoms with E-state index >= 15 is 0 Å². The molecule has 9 heteroatoms. The number of rotatable bonds is 6. The minimum Gasteiger partial charge on any atom is -0.486 e. The van der Waals surface area contributed by atoms with E-state index in [-0.39, 0.29) is 10.8 Å². The van der Waals surface area contributed by atoms with Crippen molar-refractivity contribution in [2.75, 3.05) is 40.0 Å². The van der Waals surface area contributed by atoms with Crippen LogP contribution in [-0.2, 0) is 19.6 Å². The number of ether oxygens (including phenoxy) is 3. The molecule has 8 nitrogen and oxygen atoms in total. The molecule has 1 amide bonds. The van der Waals surface area contributed by atoms with Gasteiger partial charge in [0.2, 0.25) is 15.9 Å². The summed E-state index contributed by atoms with van der Waals surface area (Å²) >= 11 is 0. The minimum atomic E-state index is -3.79. The maximum absolute atomic E-state index is 13.0. The lowest BCUT2D eigenvalue weighted by atomic mass is 10.2. The molecule has 2 aliphatic heterocycles. The Morgan fingerprint density at radius 2 is 2.08 bits per heavy atom. The quantitative estimate of drug-likeness (QED) is 0.728. The van der Waals surface area contributed by atoms with E-state index in [1.54, 1.807) is 13.2 Å². The molecule has 1 aromatic carbocycles. The van der Waals surface area contributed by atoms with Gasteiger partial charge in [-0.2, -0.15) is 4.31 Å². The van der Waals surface area contributed by atoms with E-state index in [1.807, 2.05) is 0 Å². The number of benzene rings is 1. The zero-order valence-corrected chi connectivity index (χ0v) is 14.9. The highest BCUT2D eigenvalue weighted by atomic mass is 32.2. The second-order valence-corrected chi connectivity index (χ2v) is 7.75. The molecule has 2 heterocycles. The Labute approximate surface area is 147 Å². The third kappa shape index (κ3) is 3.73. The Balaban J connectivity index is 1.80. The van der Waals surface area contributed by atoms with E-state index in [4.69, 9.17) is 14.2 Å². The van der Waals surface area contributed by atoms with E-state index in [2.05, 4.69) is 5.32 Å². The molecule has 1 aromatic rings. The third-order valence-electron chi connectivity index (χ3n) is 4.23. The first-order valence-corrected chi connectivity index (χ1v) is 9.66. The van der Waals surface area contributed by atoms with Crippen molar-refractivity contribution < 1.29 is 27.4 Å². The first kappa shape index (κ1) is 18.0. The fourth-order valence-corrected chi connectivity index (χ4v) is 4.68. The maximum atomic E-state index is 13.0. The van der Waals surface area contributed by atoms with Gasteiger partial charge < -0.3 is 19.5 Å². The lowest BCUT2D eigenvalue weighted by molar-refractivity contribution is -0.124. The molecule has 1 atom stereocenters. The van der Waals surface area contributed by atoms with Crippen LogP contribution < -0.4 is 14.8 Å². The number of methoxy groups -OCH3 is 1. The fraction of sp³-hybridized carbons (Fsp3) is 0.562. The van der Waals surface area contributed by atoms with Crippen LogP contribution in [0.4, 0.5) is 0 Å². The monoisotopic (exact) mass is 370 g/mol. The summed E-state index contributed by atoms with van der Waals surface area (Å²) in [7, 11) is -2.25. The predicted octanol–water partition coefficient (Wildman–Crippen LogP) is 0.373. The molecule has 1 saturated heterocycles. The van der Waals surface area contributed by atoms with Crippen LogP contribution in [0.2, 0.25) is 0 Å². The number of sulfonamides is 1. The SMILES string of the molecule is COCCNC(=O)C1CCCN1S(=O)(=O)c1ccc2c(c1)OCCO2. The van der Waals surface area contributed by atoms with Gasteiger partial charge in [-0.15, -0.1) is 0 Å². The highest BCUT2D eigenvalue weighted by Crippen LogP contribution is 2.34. The third-order valence-corrected chi connectivity index (χ3v) is 6.14. The standard InChI is InChI=1S/C16H22N2O6S/c1-22-8-6-17-16(19)13-3-2-7-18(13)25(20,21)12-4-5-14-15(11-12)24-10-9-23-14/h4-5,11,13H,2-3,6-10H2,1H3,(H,17,19). The van der Waals surface area contributed by atoms with Gasteiger partial charge in [0, 0.05) is 26.3 Å². The van der Waals surface area contributed by atoms with Crippen LogP contribution in [0.5, 0.6) is 11.5 Å². The van der Waals surface area contributed by atoms with Crippen LogP contribution in [-0.4, -0.2) is 64.7 Å². The van der Waals surface area contributed by atoms with Crippen LogP contribution in [0.25, 0.3) is 0 Å². The number of fused-ring (bicyclic) bond motifs is 1. The van der Waals surface area contributed by atoms with Crippen LogP contribution in [0.15, 0.2) is 23.1 Å². The summed E-state index contributed by atoms with van der Waals surface area (Å²) in [5.74, 6) is 0.642. The Morgan fingerprint density at radius 1 is 1.32 bits per heavy atom. The number of nitrogens with zero attached hydrogens (tertiary/aromatic N) is 1. The molecule has 0 spiro atoms. The Hall–Kier alpha value is -1.84. The first-order valence-electron chi connectivity index (χ1n) is 8.22. The molecule has 0 bridgehead atoms. The zero-order chi connectivity index (χ0) is 17.9. The summed E-state index contributed by atoms with van der Waals surface area (Å²) in [6.45, 7) is 1.87. The van der Waals surface area contributed by atoms with Gasteiger partial charge in [-0.3, -0.25) is 4.79 Å². The van der Waals surface area contributed by atoms with Crippen LogP contribution in [0.3, 0.4) is 0 Å². The molecule has 138 valence electrons. The van der Waals surface area contributed by atoms with Crippen LogP contribution in [0.1, 0.15) is 12.8 Å². The van der Waals surface area contributed by atoms with Gasteiger partial charge in [0.15, 0.2) is 11.5 Å². The second kappa shape index (κ2) is 7.59. The number of carbonyl (C=O) groups excluding carboxylic acids is 1. The number of hydrogen-bond donors (Lipinski definition) is 1. The molecular weight excluding hydrogens is 348 g/mol. The molecule has 2 aliphatic rings. The maximum Gasteiger partial charge on any atom is 0.243 e. The van der Waals surface area contributed by atoms with Crippen molar-refractivity contribution >= 4 is 15.9 Å². The summed E-state index contributed by atoms with van der Waals surface area (Å²) in [6.07, 6.45) is 1.15. The Kier molecular flexibility index (Phi) is 5.45. The summed E-state index contributed by atoms with van der Waals surface area (Å²) in [6, 6.07) is 3.84. The normalized spacial score (nSPS) is 20.4. The van der Waals surface area contributed by atoms with Gasteiger partial charge in [-0.05, 0) is 25.0 Å². The first-order chi connectivity index (χ1) is 12.0. The van der Waals surface area contributed by atoms with Crippen molar-refractivity contribution in [3.63, 3.8) is 0 Å². The molecule has 1 N–H and O–H groups in total. The molecular formula is C16H22N2O6S. The lowest BCUT2D eigenvalue weighted by Gasteiger charge is -2.24. The fourth-order valence-electron chi connectivity index (χ4n) is 3.00. The van der Waals surface area contributed by atoms with E-state index in [9.17, 15) is 13.2 Å². The van der Waals surface area contributed by atoms with Gasteiger partial charge in [0.25, 0.3) is 0 Å². The molecule has 0 aromatic heterocycles. The van der Waals surface area contributed by atoms with Gasteiger partial charge in [0.1, 0.15) is 19.3 Å². The smallest absolute Gasteiger partial charge is 0.243 e. The molecule has 1 fully saturated rings. The molecule has 3 rings (SSSR count). The van der Waals surface area contributed by atoms with E-state index in [0.29, 0.717) is 57.3 Å². The minimum absolute atomic E-state index is 0.105. The lowest BCUT2D eigenvalue weighted by Crippen LogP contribution is -2.46.